The molecule has 0 aromatic heterocycles. The Bertz CT molecular complexity index is 577. The molecule has 6 nitrogen and oxygen atoms in total. The van der Waals surface area contributed by atoms with E-state index in [1.54, 1.807) is 36.1 Å². The van der Waals surface area contributed by atoms with Gasteiger partial charge in [0.2, 0.25) is 5.91 Å². The number of carbonyl (C=O) groups excluding carboxylic acids is 3. The highest BCUT2D eigenvalue weighted by molar-refractivity contribution is 6.30. The van der Waals surface area contributed by atoms with Gasteiger partial charge in [-0.05, 0) is 31.5 Å². The van der Waals surface area contributed by atoms with E-state index in [9.17, 15) is 14.4 Å². The number of carbonyl (C=O) groups is 3. The predicted octanol–water partition coefficient (Wildman–Crippen LogP) is 2.26. The molecule has 24 heavy (non-hydrogen) atoms. The number of halogens is 1. The molecule has 0 fully saturated rings. The molecule has 0 radical (unpaired) electrons. The quantitative estimate of drug-likeness (QED) is 0.545. The number of nitrogens with one attached hydrogen (secondary N) is 1. The number of amides is 2. The first kappa shape index (κ1) is 20.0. The Morgan fingerprint density at radius 2 is 2.00 bits per heavy atom. The average molecular weight is 355 g/mol. The number of ether oxygens (including phenoxy) is 1. The molecule has 0 unspecified atom stereocenters. The largest absolute Gasteiger partial charge is 0.466 e. The summed E-state index contributed by atoms with van der Waals surface area (Å²) in [7, 11) is 0. The number of hydrogen-bond acceptors (Lipinski definition) is 4. The van der Waals surface area contributed by atoms with Crippen LogP contribution in [0.3, 0.4) is 0 Å². The summed E-state index contributed by atoms with van der Waals surface area (Å²) in [6, 6.07) is 6.67. The SMILES string of the molecule is CCOC(=O)CCN(CCCNC(C)=O)C(=O)c1cccc(Cl)c1. The van der Waals surface area contributed by atoms with E-state index >= 15 is 0 Å². The average Bonchev–Trinajstić information content (AvgIpc) is 2.53. The summed E-state index contributed by atoms with van der Waals surface area (Å²) in [5.74, 6) is -0.665. The fourth-order valence-electron chi connectivity index (χ4n) is 2.11. The molecule has 0 atom stereocenters. The summed E-state index contributed by atoms with van der Waals surface area (Å²) >= 11 is 5.93. The van der Waals surface area contributed by atoms with Crippen LogP contribution in [-0.4, -0.2) is 48.9 Å². The van der Waals surface area contributed by atoms with Crippen molar-refractivity contribution >= 4 is 29.4 Å². The van der Waals surface area contributed by atoms with Gasteiger partial charge in [-0.2, -0.15) is 0 Å². The fraction of sp³-hybridized carbons (Fsp3) is 0.471. The van der Waals surface area contributed by atoms with Crippen molar-refractivity contribution in [2.45, 2.75) is 26.7 Å². The molecule has 0 bridgehead atoms. The second-order valence-corrected chi connectivity index (χ2v) is 5.63. The number of nitrogens with zero attached hydrogens (tertiary/aromatic N) is 1. The first-order valence-corrected chi connectivity index (χ1v) is 8.26. The lowest BCUT2D eigenvalue weighted by molar-refractivity contribution is -0.143. The Morgan fingerprint density at radius 3 is 2.62 bits per heavy atom. The topological polar surface area (TPSA) is 75.7 Å². The smallest absolute Gasteiger partial charge is 0.307 e. The maximum absolute atomic E-state index is 12.6. The molecule has 0 spiro atoms. The third kappa shape index (κ3) is 7.46. The molecule has 0 aliphatic rings. The van der Waals surface area contributed by atoms with Crippen molar-refractivity contribution in [3.05, 3.63) is 34.9 Å². The molecule has 1 N–H and O–H groups in total. The van der Waals surface area contributed by atoms with Crippen LogP contribution in [0.2, 0.25) is 5.02 Å². The van der Waals surface area contributed by atoms with Gasteiger partial charge in [-0.25, -0.2) is 0 Å². The second-order valence-electron chi connectivity index (χ2n) is 5.19. The monoisotopic (exact) mass is 354 g/mol. The maximum Gasteiger partial charge on any atom is 0.307 e. The van der Waals surface area contributed by atoms with E-state index in [0.717, 1.165) is 0 Å². The van der Waals surface area contributed by atoms with Crippen LogP contribution >= 0.6 is 11.6 Å². The number of hydrogen-bond donors (Lipinski definition) is 1. The molecular formula is C17H23ClN2O4. The van der Waals surface area contributed by atoms with Crippen LogP contribution in [-0.2, 0) is 14.3 Å². The van der Waals surface area contributed by atoms with E-state index in [2.05, 4.69) is 5.32 Å². The van der Waals surface area contributed by atoms with E-state index in [-0.39, 0.29) is 30.7 Å². The summed E-state index contributed by atoms with van der Waals surface area (Å²) in [5.41, 5.74) is 0.464. The molecule has 2 amide bonds. The summed E-state index contributed by atoms with van der Waals surface area (Å²) < 4.78 is 4.90. The van der Waals surface area contributed by atoms with Crippen LogP contribution in [0.5, 0.6) is 0 Å². The standard InChI is InChI=1S/C17H23ClN2O4/c1-3-24-16(22)8-11-20(10-5-9-19-13(2)21)17(23)14-6-4-7-15(18)12-14/h4,6-7,12H,3,5,8-11H2,1-2H3,(H,19,21). The Balaban J connectivity index is 2.69. The summed E-state index contributed by atoms with van der Waals surface area (Å²) in [6.45, 7) is 4.63. The van der Waals surface area contributed by atoms with Gasteiger partial charge in [0, 0.05) is 37.1 Å². The van der Waals surface area contributed by atoms with E-state index in [0.29, 0.717) is 36.7 Å². The predicted molar refractivity (Wildman–Crippen MR) is 91.9 cm³/mol. The Kier molecular flexibility index (Phi) is 8.86. The maximum atomic E-state index is 12.6. The van der Waals surface area contributed by atoms with Gasteiger partial charge in [-0.15, -0.1) is 0 Å². The van der Waals surface area contributed by atoms with E-state index in [1.165, 1.54) is 6.92 Å². The van der Waals surface area contributed by atoms with Crippen LogP contribution in [0.4, 0.5) is 0 Å². The highest BCUT2D eigenvalue weighted by Gasteiger charge is 2.17. The van der Waals surface area contributed by atoms with Gasteiger partial charge >= 0.3 is 5.97 Å². The highest BCUT2D eigenvalue weighted by Crippen LogP contribution is 2.13. The lowest BCUT2D eigenvalue weighted by Gasteiger charge is -2.22. The van der Waals surface area contributed by atoms with Gasteiger partial charge in [-0.1, -0.05) is 17.7 Å². The van der Waals surface area contributed by atoms with Crippen molar-refractivity contribution in [3.63, 3.8) is 0 Å². The minimum absolute atomic E-state index is 0.116. The van der Waals surface area contributed by atoms with Crippen molar-refractivity contribution < 1.29 is 19.1 Å². The third-order valence-electron chi connectivity index (χ3n) is 3.23. The van der Waals surface area contributed by atoms with Crippen molar-refractivity contribution in [3.8, 4) is 0 Å². The Morgan fingerprint density at radius 1 is 1.25 bits per heavy atom. The first-order chi connectivity index (χ1) is 11.4. The van der Waals surface area contributed by atoms with Crippen LogP contribution < -0.4 is 5.32 Å². The Labute approximate surface area is 147 Å². The van der Waals surface area contributed by atoms with Gasteiger partial charge in [0.1, 0.15) is 0 Å². The number of esters is 1. The highest BCUT2D eigenvalue weighted by atomic mass is 35.5. The van der Waals surface area contributed by atoms with Crippen LogP contribution in [0.1, 0.15) is 37.0 Å². The Hall–Kier alpha value is -2.08. The van der Waals surface area contributed by atoms with Crippen LogP contribution in [0.15, 0.2) is 24.3 Å². The van der Waals surface area contributed by atoms with Gasteiger partial charge in [-0.3, -0.25) is 14.4 Å². The number of benzene rings is 1. The van der Waals surface area contributed by atoms with E-state index in [1.807, 2.05) is 0 Å². The molecule has 0 aliphatic heterocycles. The molecule has 0 saturated heterocycles. The minimum atomic E-state index is -0.344. The first-order valence-electron chi connectivity index (χ1n) is 7.89. The molecule has 0 aliphatic carbocycles. The van der Waals surface area contributed by atoms with Crippen molar-refractivity contribution in [2.75, 3.05) is 26.2 Å². The van der Waals surface area contributed by atoms with Gasteiger partial charge < -0.3 is 15.0 Å². The molecular weight excluding hydrogens is 332 g/mol. The lowest BCUT2D eigenvalue weighted by Crippen LogP contribution is -2.36. The molecule has 132 valence electrons. The molecule has 0 saturated carbocycles. The second kappa shape index (κ2) is 10.6. The summed E-state index contributed by atoms with van der Waals surface area (Å²) in [4.78, 5) is 36.6. The van der Waals surface area contributed by atoms with E-state index < -0.39 is 0 Å². The normalized spacial score (nSPS) is 10.1. The van der Waals surface area contributed by atoms with Gasteiger partial charge in [0.25, 0.3) is 5.91 Å². The molecule has 1 aromatic carbocycles. The summed E-state index contributed by atoms with van der Waals surface area (Å²) in [6.07, 6.45) is 0.717. The van der Waals surface area contributed by atoms with Gasteiger partial charge in [0.15, 0.2) is 0 Å². The molecule has 0 heterocycles. The molecule has 1 rings (SSSR count). The lowest BCUT2D eigenvalue weighted by atomic mass is 10.2. The summed E-state index contributed by atoms with van der Waals surface area (Å²) in [5, 5.41) is 3.16. The van der Waals surface area contributed by atoms with Crippen LogP contribution in [0, 0.1) is 0 Å². The molecule has 7 heteroatoms. The minimum Gasteiger partial charge on any atom is -0.466 e. The van der Waals surface area contributed by atoms with Crippen LogP contribution in [0.25, 0.3) is 0 Å². The van der Waals surface area contributed by atoms with Crippen molar-refractivity contribution in [1.82, 2.24) is 10.2 Å². The van der Waals surface area contributed by atoms with E-state index in [4.69, 9.17) is 16.3 Å². The van der Waals surface area contributed by atoms with Crippen molar-refractivity contribution in [2.24, 2.45) is 0 Å². The zero-order chi connectivity index (χ0) is 17.9. The number of rotatable bonds is 9. The zero-order valence-electron chi connectivity index (χ0n) is 14.0. The zero-order valence-corrected chi connectivity index (χ0v) is 14.8. The fourth-order valence-corrected chi connectivity index (χ4v) is 2.30. The van der Waals surface area contributed by atoms with Gasteiger partial charge in [0.05, 0.1) is 13.0 Å². The molecule has 1 aromatic rings. The third-order valence-corrected chi connectivity index (χ3v) is 3.46. The van der Waals surface area contributed by atoms with Crippen molar-refractivity contribution in [1.29, 1.82) is 0 Å².